The topological polar surface area (TPSA) is 108 Å². The number of piperazine rings is 1. The molecule has 2 N–H and O–H groups in total. The zero-order chi connectivity index (χ0) is 32.0. The van der Waals surface area contributed by atoms with Crippen LogP contribution in [0.4, 0.5) is 0 Å². The third kappa shape index (κ3) is 6.54. The third-order valence-electron chi connectivity index (χ3n) is 8.31. The molecule has 3 aromatic carbocycles. The van der Waals surface area contributed by atoms with Crippen LogP contribution in [0.1, 0.15) is 51.4 Å². The van der Waals surface area contributed by atoms with Gasteiger partial charge in [-0.05, 0) is 41.8 Å². The van der Waals surface area contributed by atoms with Crippen LogP contribution in [0, 0.1) is 0 Å². The van der Waals surface area contributed by atoms with E-state index in [1.165, 1.54) is 23.4 Å². The first-order valence-electron chi connectivity index (χ1n) is 15.3. The van der Waals surface area contributed by atoms with Gasteiger partial charge in [0.25, 0.3) is 5.91 Å². The number of fused-ring (bicyclic) bond motifs is 1. The number of nitrogens with zero attached hydrogens (tertiary/aromatic N) is 4. The number of aromatic carboxylic acids is 1. The summed E-state index contributed by atoms with van der Waals surface area (Å²) in [6.45, 7) is 4.39. The Kier molecular flexibility index (Phi) is 9.46. The smallest absolute Gasteiger partial charge is 0.338 e. The summed E-state index contributed by atoms with van der Waals surface area (Å²) in [6, 6.07) is 32.5. The van der Waals surface area contributed by atoms with Crippen LogP contribution in [0.2, 0.25) is 0 Å². The standard InChI is InChI=1S/C36H35N5O4S/c1-2-29(35(43)40-22-20-39(21-23-40)32(25-12-5-3-6-13-25)26-14-7-4-8-15-26)38-33(42)31-24-27-16-9-10-18-30(27)41(31)46-34-28(36(44)45)17-11-19-37-34/h3-19,24,29,32H,2,20-23H2,1H3,(H,38,42)(H,44,45)/t29-/m0/s1. The molecule has 2 aromatic heterocycles. The van der Waals surface area contributed by atoms with Gasteiger partial charge in [0, 0.05) is 49.7 Å². The Bertz CT molecular complexity index is 1800. The molecular formula is C36H35N5O4S. The second-order valence-corrected chi connectivity index (χ2v) is 12.1. The monoisotopic (exact) mass is 633 g/mol. The molecule has 1 aliphatic rings. The first-order valence-corrected chi connectivity index (χ1v) is 16.1. The molecule has 46 heavy (non-hydrogen) atoms. The molecule has 1 atom stereocenters. The molecule has 10 heteroatoms. The largest absolute Gasteiger partial charge is 0.478 e. The highest BCUT2D eigenvalue weighted by molar-refractivity contribution is 7.98. The number of carbonyl (C=O) groups is 3. The summed E-state index contributed by atoms with van der Waals surface area (Å²) >= 11 is 1.07. The molecule has 0 unspecified atom stereocenters. The van der Waals surface area contributed by atoms with Gasteiger partial charge in [0.15, 0.2) is 0 Å². The molecular weight excluding hydrogens is 598 g/mol. The third-order valence-corrected chi connectivity index (χ3v) is 9.39. The number of hydrogen-bond donors (Lipinski definition) is 2. The molecule has 1 saturated heterocycles. The van der Waals surface area contributed by atoms with E-state index in [-0.39, 0.29) is 22.5 Å². The summed E-state index contributed by atoms with van der Waals surface area (Å²) in [4.78, 5) is 48.0. The number of carboxylic acids is 1. The molecule has 5 aromatic rings. The Morgan fingerprint density at radius 3 is 2.11 bits per heavy atom. The number of aromatic nitrogens is 2. The molecule has 1 aliphatic heterocycles. The number of para-hydroxylation sites is 1. The number of carbonyl (C=O) groups excluding carboxylic acids is 2. The van der Waals surface area contributed by atoms with Crippen molar-refractivity contribution in [3.05, 3.63) is 132 Å². The Morgan fingerprint density at radius 1 is 0.848 bits per heavy atom. The summed E-state index contributed by atoms with van der Waals surface area (Å²) < 4.78 is 1.68. The van der Waals surface area contributed by atoms with Gasteiger partial charge >= 0.3 is 5.97 Å². The fourth-order valence-electron chi connectivity index (χ4n) is 5.98. The number of nitrogens with one attached hydrogen (secondary N) is 1. The minimum Gasteiger partial charge on any atom is -0.478 e. The maximum absolute atomic E-state index is 13.8. The second-order valence-electron chi connectivity index (χ2n) is 11.2. The van der Waals surface area contributed by atoms with E-state index in [1.54, 1.807) is 16.1 Å². The van der Waals surface area contributed by atoms with Crippen molar-refractivity contribution in [1.82, 2.24) is 24.1 Å². The van der Waals surface area contributed by atoms with Gasteiger partial charge in [0.1, 0.15) is 16.8 Å². The quantitative estimate of drug-likeness (QED) is 0.202. The van der Waals surface area contributed by atoms with Crippen molar-refractivity contribution in [2.45, 2.75) is 30.5 Å². The maximum atomic E-state index is 13.8. The zero-order valence-corrected chi connectivity index (χ0v) is 26.3. The van der Waals surface area contributed by atoms with Gasteiger partial charge in [0.2, 0.25) is 5.91 Å². The summed E-state index contributed by atoms with van der Waals surface area (Å²) in [7, 11) is 0. The van der Waals surface area contributed by atoms with Crippen molar-refractivity contribution in [2.75, 3.05) is 26.2 Å². The SMILES string of the molecule is CC[C@H](NC(=O)c1cc2ccccc2n1Sc1ncccc1C(=O)O)C(=O)N1CCN(C(c2ccccc2)c2ccccc2)CC1. The van der Waals surface area contributed by atoms with Gasteiger partial charge in [-0.25, -0.2) is 9.78 Å². The fourth-order valence-corrected chi connectivity index (χ4v) is 7.01. The Morgan fingerprint density at radius 2 is 1.48 bits per heavy atom. The molecule has 3 heterocycles. The first kappa shape index (κ1) is 31.1. The van der Waals surface area contributed by atoms with Gasteiger partial charge in [0.05, 0.1) is 17.1 Å². The van der Waals surface area contributed by atoms with Crippen LogP contribution in [0.25, 0.3) is 10.9 Å². The molecule has 0 saturated carbocycles. The Balaban J connectivity index is 1.18. The Hall–Kier alpha value is -4.93. The van der Waals surface area contributed by atoms with Crippen LogP contribution >= 0.6 is 11.9 Å². The predicted molar refractivity (Wildman–Crippen MR) is 179 cm³/mol. The molecule has 0 radical (unpaired) electrons. The van der Waals surface area contributed by atoms with Gasteiger partial charge in [-0.1, -0.05) is 85.8 Å². The zero-order valence-electron chi connectivity index (χ0n) is 25.5. The van der Waals surface area contributed by atoms with E-state index < -0.39 is 17.9 Å². The van der Waals surface area contributed by atoms with Gasteiger partial charge in [-0.3, -0.25) is 18.5 Å². The van der Waals surface area contributed by atoms with Gasteiger partial charge in [-0.15, -0.1) is 0 Å². The van der Waals surface area contributed by atoms with Crippen LogP contribution in [0.3, 0.4) is 0 Å². The van der Waals surface area contributed by atoms with E-state index in [2.05, 4.69) is 63.7 Å². The van der Waals surface area contributed by atoms with Crippen molar-refractivity contribution >= 4 is 40.6 Å². The first-order chi connectivity index (χ1) is 22.4. The molecule has 6 rings (SSSR count). The maximum Gasteiger partial charge on any atom is 0.338 e. The van der Waals surface area contributed by atoms with Crippen molar-refractivity contribution in [3.63, 3.8) is 0 Å². The molecule has 2 amide bonds. The predicted octanol–water partition coefficient (Wildman–Crippen LogP) is 5.73. The number of rotatable bonds is 10. The van der Waals surface area contributed by atoms with Crippen LogP contribution < -0.4 is 5.32 Å². The highest BCUT2D eigenvalue weighted by Gasteiger charge is 2.32. The highest BCUT2D eigenvalue weighted by Crippen LogP contribution is 2.32. The average Bonchev–Trinajstić information content (AvgIpc) is 3.46. The average molecular weight is 634 g/mol. The molecule has 0 aliphatic carbocycles. The minimum atomic E-state index is -1.10. The number of pyridine rings is 1. The van der Waals surface area contributed by atoms with E-state index in [1.807, 2.05) is 48.2 Å². The summed E-state index contributed by atoms with van der Waals surface area (Å²) in [5.74, 6) is -1.63. The number of carboxylic acid groups (broad SMARTS) is 1. The van der Waals surface area contributed by atoms with Gasteiger partial charge in [-0.2, -0.15) is 0 Å². The van der Waals surface area contributed by atoms with Crippen LogP contribution in [-0.4, -0.2) is 73.9 Å². The normalized spacial score (nSPS) is 14.3. The van der Waals surface area contributed by atoms with E-state index in [9.17, 15) is 19.5 Å². The minimum absolute atomic E-state index is 0.0409. The van der Waals surface area contributed by atoms with E-state index in [0.717, 1.165) is 22.9 Å². The lowest BCUT2D eigenvalue weighted by molar-refractivity contribution is -0.135. The summed E-state index contributed by atoms with van der Waals surface area (Å²) in [5.41, 5.74) is 3.50. The molecule has 9 nitrogen and oxygen atoms in total. The van der Waals surface area contributed by atoms with E-state index in [4.69, 9.17) is 0 Å². The highest BCUT2D eigenvalue weighted by atomic mass is 32.2. The lowest BCUT2D eigenvalue weighted by Gasteiger charge is -2.40. The summed E-state index contributed by atoms with van der Waals surface area (Å²) in [5, 5.41) is 13.7. The van der Waals surface area contributed by atoms with E-state index in [0.29, 0.717) is 38.3 Å². The number of amides is 2. The fraction of sp³-hybridized carbons (Fsp3) is 0.222. The Labute approximate surface area is 272 Å². The van der Waals surface area contributed by atoms with Gasteiger partial charge < -0.3 is 15.3 Å². The second kappa shape index (κ2) is 14.0. The number of hydrogen-bond acceptors (Lipinski definition) is 6. The van der Waals surface area contributed by atoms with Crippen molar-refractivity contribution < 1.29 is 19.5 Å². The van der Waals surface area contributed by atoms with Crippen LogP contribution in [0.15, 0.2) is 114 Å². The molecule has 0 bridgehead atoms. The lowest BCUT2D eigenvalue weighted by atomic mass is 9.96. The molecule has 0 spiro atoms. The molecule has 234 valence electrons. The van der Waals surface area contributed by atoms with Crippen molar-refractivity contribution in [3.8, 4) is 0 Å². The number of benzene rings is 3. The summed E-state index contributed by atoms with van der Waals surface area (Å²) in [6.07, 6.45) is 1.95. The van der Waals surface area contributed by atoms with Crippen molar-refractivity contribution in [2.24, 2.45) is 0 Å². The lowest BCUT2D eigenvalue weighted by Crippen LogP contribution is -2.55. The van der Waals surface area contributed by atoms with Crippen LogP contribution in [-0.2, 0) is 4.79 Å². The van der Waals surface area contributed by atoms with Crippen LogP contribution in [0.5, 0.6) is 0 Å². The van der Waals surface area contributed by atoms with Crippen molar-refractivity contribution in [1.29, 1.82) is 0 Å². The molecule has 1 fully saturated rings. The van der Waals surface area contributed by atoms with E-state index >= 15 is 0 Å².